The fraction of sp³-hybridized carbons (Fsp3) is 0.700. The molecule has 4 aliphatic heterocycles. The lowest BCUT2D eigenvalue weighted by Crippen LogP contribution is -2.68. The number of fused-ring (bicyclic) bond motifs is 3. The summed E-state index contributed by atoms with van der Waals surface area (Å²) in [4.78, 5) is 28.4. The summed E-state index contributed by atoms with van der Waals surface area (Å²) in [5.41, 5.74) is 6.41. The van der Waals surface area contributed by atoms with Gasteiger partial charge in [-0.05, 0) is 31.6 Å². The van der Waals surface area contributed by atoms with E-state index in [1.165, 1.54) is 0 Å². The van der Waals surface area contributed by atoms with Gasteiger partial charge in [0.1, 0.15) is 16.0 Å². The number of rotatable bonds is 1. The van der Waals surface area contributed by atoms with Crippen LogP contribution in [0.3, 0.4) is 0 Å². The number of nitrogens with zero attached hydrogens (tertiary/aromatic N) is 3. The van der Waals surface area contributed by atoms with Crippen LogP contribution < -0.4 is 5.73 Å². The first-order valence-corrected chi connectivity index (χ1v) is 11.8. The summed E-state index contributed by atoms with van der Waals surface area (Å²) in [6, 6.07) is -1.05. The van der Waals surface area contributed by atoms with E-state index in [-0.39, 0.29) is 48.0 Å². The summed E-state index contributed by atoms with van der Waals surface area (Å²) in [6.45, 7) is 1.23. The van der Waals surface area contributed by atoms with Crippen LogP contribution in [0.15, 0.2) is 15.9 Å². The van der Waals surface area contributed by atoms with Gasteiger partial charge in [-0.25, -0.2) is 4.39 Å². The van der Waals surface area contributed by atoms with Gasteiger partial charge in [0.2, 0.25) is 11.7 Å². The normalized spacial score (nSPS) is 43.3. The third-order valence-electron chi connectivity index (χ3n) is 7.63. The molecule has 32 heavy (non-hydrogen) atoms. The molecule has 6 rings (SSSR count). The van der Waals surface area contributed by atoms with Crippen LogP contribution >= 0.6 is 23.5 Å². The Morgan fingerprint density at radius 2 is 2.00 bits per heavy atom. The summed E-state index contributed by atoms with van der Waals surface area (Å²) >= 11 is -2.19. The second-order valence-corrected chi connectivity index (χ2v) is 10.4. The van der Waals surface area contributed by atoms with Gasteiger partial charge in [-0.15, -0.1) is 16.3 Å². The maximum Gasteiger partial charge on any atom is 0.264 e. The van der Waals surface area contributed by atoms with Gasteiger partial charge in [0.15, 0.2) is 18.0 Å². The van der Waals surface area contributed by atoms with Crippen molar-refractivity contribution in [2.75, 3.05) is 13.1 Å². The number of carbonyl (C=O) groups is 2. The number of ether oxygens (including phenoxy) is 1. The predicted molar refractivity (Wildman–Crippen MR) is 115 cm³/mol. The summed E-state index contributed by atoms with van der Waals surface area (Å²) in [5.74, 6) is -3.33. The average molecular weight is 493 g/mol. The molecule has 8 atom stereocenters. The van der Waals surface area contributed by atoms with E-state index < -0.39 is 58.9 Å². The first-order valence-electron chi connectivity index (χ1n) is 10.8. The zero-order valence-electron chi connectivity index (χ0n) is 17.1. The van der Waals surface area contributed by atoms with E-state index in [1.54, 1.807) is 4.90 Å². The molecule has 2 N–H and O–H groups in total. The summed E-state index contributed by atoms with van der Waals surface area (Å²) < 4.78 is 54.8. The molecule has 4 heterocycles. The average Bonchev–Trinajstić information content (AvgIpc) is 3.29. The highest BCUT2D eigenvalue weighted by Gasteiger charge is 2.60. The van der Waals surface area contributed by atoms with E-state index in [0.29, 0.717) is 31.6 Å². The zero-order chi connectivity index (χ0) is 21.6. The maximum atomic E-state index is 15.9. The quantitative estimate of drug-likeness (QED) is 0.445. The molecule has 8 unspecified atom stereocenters. The van der Waals surface area contributed by atoms with Crippen LogP contribution in [0.4, 0.5) is 12.7 Å². The van der Waals surface area contributed by atoms with E-state index in [2.05, 4.69) is 4.40 Å². The van der Waals surface area contributed by atoms with Crippen molar-refractivity contribution in [3.05, 3.63) is 11.5 Å². The number of halogens is 4. The first-order chi connectivity index (χ1) is 14.8. The standard InChI is InChI=1S/C20H23F3N4O3S.ClH/c21-14-12(26-4-3-9(24)7-26)6-8-5-10-19(22)25-31(23)20(10)27-11-1-2-13(28)16(29)17(11)30-18(14)15(8)27;/h8-10,12,14-15,18H,1-7,24H2;1H. The topological polar surface area (TPSA) is 88.2 Å². The van der Waals surface area contributed by atoms with Crippen molar-refractivity contribution in [1.29, 1.82) is 0 Å². The van der Waals surface area contributed by atoms with Gasteiger partial charge in [-0.2, -0.15) is 8.79 Å². The van der Waals surface area contributed by atoms with Crippen molar-refractivity contribution >= 4 is 46.0 Å². The fourth-order valence-corrected chi connectivity index (χ4v) is 7.47. The van der Waals surface area contributed by atoms with Gasteiger partial charge in [-0.3, -0.25) is 14.5 Å². The van der Waals surface area contributed by atoms with Crippen LogP contribution in [0.1, 0.15) is 32.1 Å². The molecule has 0 aromatic carbocycles. The summed E-state index contributed by atoms with van der Waals surface area (Å²) in [7, 11) is 0. The first kappa shape index (κ1) is 22.4. The number of Topliss-reactive ketones (excluding diaryl/α,β-unsaturated/α-hetero) is 2. The van der Waals surface area contributed by atoms with Gasteiger partial charge < -0.3 is 15.4 Å². The van der Waals surface area contributed by atoms with Gasteiger partial charge in [0.05, 0.1) is 17.7 Å². The van der Waals surface area contributed by atoms with Crippen molar-refractivity contribution in [2.24, 2.45) is 22.0 Å². The Morgan fingerprint density at radius 3 is 2.72 bits per heavy atom. The Labute approximate surface area is 192 Å². The molecule has 2 saturated heterocycles. The zero-order valence-corrected chi connectivity index (χ0v) is 18.7. The number of carbonyl (C=O) groups excluding carboxylic acids is 2. The minimum Gasteiger partial charge on any atom is -0.479 e. The molecular weight excluding hydrogens is 469 g/mol. The number of hydrogen-bond donors (Lipinski definition) is 1. The van der Waals surface area contributed by atoms with Crippen LogP contribution in [-0.2, 0) is 14.3 Å². The molecule has 2 aliphatic carbocycles. The van der Waals surface area contributed by atoms with Crippen molar-refractivity contribution in [1.82, 2.24) is 9.80 Å². The molecule has 1 saturated carbocycles. The van der Waals surface area contributed by atoms with Gasteiger partial charge in [0.25, 0.3) is 5.78 Å². The van der Waals surface area contributed by atoms with Crippen molar-refractivity contribution in [3.8, 4) is 0 Å². The lowest BCUT2D eigenvalue weighted by Gasteiger charge is -2.57. The molecular formula is C20H24ClF3N4O3S. The molecule has 0 radical (unpaired) electrons. The molecule has 6 aliphatic rings. The van der Waals surface area contributed by atoms with Gasteiger partial charge >= 0.3 is 0 Å². The van der Waals surface area contributed by atoms with Crippen LogP contribution in [0.2, 0.25) is 0 Å². The second kappa shape index (κ2) is 7.82. The van der Waals surface area contributed by atoms with E-state index in [4.69, 9.17) is 10.5 Å². The van der Waals surface area contributed by atoms with Crippen LogP contribution in [0.25, 0.3) is 0 Å². The molecule has 0 bridgehead atoms. The fourth-order valence-electron chi connectivity index (χ4n) is 6.27. The molecule has 12 heteroatoms. The molecule has 0 aromatic heterocycles. The maximum absolute atomic E-state index is 15.9. The number of alkyl halides is 1. The summed E-state index contributed by atoms with van der Waals surface area (Å²) in [5, 5.41) is 0. The molecule has 0 spiro atoms. The Morgan fingerprint density at radius 1 is 1.22 bits per heavy atom. The predicted octanol–water partition coefficient (Wildman–Crippen LogP) is 1.98. The van der Waals surface area contributed by atoms with E-state index in [1.807, 2.05) is 4.90 Å². The molecule has 0 amide bonds. The summed E-state index contributed by atoms with van der Waals surface area (Å²) in [6.07, 6.45) is -0.745. The lowest BCUT2D eigenvalue weighted by atomic mass is 9.69. The Kier molecular flexibility index (Phi) is 5.46. The van der Waals surface area contributed by atoms with E-state index in [0.717, 1.165) is 6.42 Å². The van der Waals surface area contributed by atoms with Gasteiger partial charge in [0, 0.05) is 31.6 Å². The lowest BCUT2D eigenvalue weighted by molar-refractivity contribution is -0.146. The molecule has 3 fully saturated rings. The Balaban J connectivity index is 0.00000216. The SMILES string of the molecule is Cl.NC1CCN(C2CC3CC4C(F)=NS(F)=C4N4C5=C(OC(C2F)C34)C(=O)C(=O)CC5)C1. The van der Waals surface area contributed by atoms with Crippen LogP contribution in [-0.4, -0.2) is 75.8 Å². The highest BCUT2D eigenvalue weighted by Crippen LogP contribution is 2.52. The Hall–Kier alpha value is -1.43. The Bertz CT molecular complexity index is 991. The van der Waals surface area contributed by atoms with E-state index in [9.17, 15) is 17.9 Å². The number of nitrogens with two attached hydrogens (primary N) is 1. The molecule has 0 aromatic rings. The number of likely N-dealkylation sites (tertiary alicyclic amines) is 1. The van der Waals surface area contributed by atoms with Crippen LogP contribution in [0, 0.1) is 11.8 Å². The highest BCUT2D eigenvalue weighted by molar-refractivity contribution is 8.10. The third kappa shape index (κ3) is 3.04. The number of piperidine rings is 1. The van der Waals surface area contributed by atoms with Crippen molar-refractivity contribution in [3.63, 3.8) is 0 Å². The molecule has 7 nitrogen and oxygen atoms in total. The third-order valence-corrected chi connectivity index (χ3v) is 8.79. The smallest absolute Gasteiger partial charge is 0.264 e. The molecule has 176 valence electrons. The van der Waals surface area contributed by atoms with Crippen molar-refractivity contribution < 1.29 is 27.0 Å². The van der Waals surface area contributed by atoms with Crippen LogP contribution in [0.5, 0.6) is 0 Å². The highest BCUT2D eigenvalue weighted by atomic mass is 35.5. The number of hydrogen-bond acceptors (Lipinski definition) is 7. The van der Waals surface area contributed by atoms with Gasteiger partial charge in [-0.1, -0.05) is 0 Å². The second-order valence-electron chi connectivity index (χ2n) is 9.30. The minimum absolute atomic E-state index is 0. The minimum atomic E-state index is -2.19. The number of allylic oxidation sites excluding steroid dienone is 2. The largest absolute Gasteiger partial charge is 0.479 e. The monoisotopic (exact) mass is 492 g/mol. The number of ketones is 2. The van der Waals surface area contributed by atoms with Crippen molar-refractivity contribution in [2.45, 2.75) is 62.5 Å². The van der Waals surface area contributed by atoms with E-state index >= 15 is 4.39 Å².